The molecule has 8 nitrogen and oxygen atoms in total. The topological polar surface area (TPSA) is 88.4 Å². The summed E-state index contributed by atoms with van der Waals surface area (Å²) in [4.78, 5) is 32.3. The Morgan fingerprint density at radius 1 is 0.935 bits per heavy atom. The molecule has 10 heteroatoms. The summed E-state index contributed by atoms with van der Waals surface area (Å²) in [6, 6.07) is 23.9. The number of benzene rings is 4. The lowest BCUT2D eigenvalue weighted by molar-refractivity contribution is -0.136. The average Bonchev–Trinajstić information content (AvgIpc) is 3.39. The number of hydrogen-bond acceptors (Lipinski definition) is 8. The van der Waals surface area contributed by atoms with Crippen molar-refractivity contribution in [1.82, 2.24) is 4.57 Å². The molecule has 0 N–H and O–H groups in total. The van der Waals surface area contributed by atoms with Crippen molar-refractivity contribution in [2.45, 2.75) is 26.5 Å². The third-order valence-corrected chi connectivity index (χ3v) is 8.92. The van der Waals surface area contributed by atoms with E-state index in [1.807, 2.05) is 86.7 Å². The average molecular weight is 655 g/mol. The highest BCUT2D eigenvalue weighted by atomic mass is 35.5. The molecule has 1 aliphatic rings. The van der Waals surface area contributed by atoms with Gasteiger partial charge in [-0.05, 0) is 60.5 Å². The normalized spacial score (nSPS) is 14.3. The minimum Gasteiger partial charge on any atom is -0.490 e. The fraction of sp³-hybridized carbons (Fsp3) is 0.194. The van der Waals surface area contributed by atoms with Crippen LogP contribution in [0.1, 0.15) is 36.6 Å². The number of nitrogens with zero attached hydrogens (tertiary/aromatic N) is 2. The maximum absolute atomic E-state index is 14.3. The first kappa shape index (κ1) is 31.1. The van der Waals surface area contributed by atoms with Crippen LogP contribution in [0.3, 0.4) is 0 Å². The lowest BCUT2D eigenvalue weighted by atomic mass is 9.97. The molecule has 0 bridgehead atoms. The Kier molecular flexibility index (Phi) is 9.23. The van der Waals surface area contributed by atoms with E-state index in [9.17, 15) is 9.59 Å². The number of halogens is 1. The van der Waals surface area contributed by atoms with E-state index in [2.05, 4.69) is 4.99 Å². The Hall–Kier alpha value is -4.86. The van der Waals surface area contributed by atoms with E-state index < -0.39 is 12.0 Å². The molecule has 0 amide bonds. The molecule has 0 fully saturated rings. The fourth-order valence-corrected chi connectivity index (χ4v) is 6.58. The molecule has 4 aromatic carbocycles. The molecular weight excluding hydrogens is 624 g/mol. The number of thiazole rings is 1. The van der Waals surface area contributed by atoms with Crippen molar-refractivity contribution in [3.63, 3.8) is 0 Å². The summed E-state index contributed by atoms with van der Waals surface area (Å²) in [5, 5.41) is 2.53. The molecule has 0 radical (unpaired) electrons. The van der Waals surface area contributed by atoms with Crippen LogP contribution >= 0.6 is 22.9 Å². The van der Waals surface area contributed by atoms with E-state index in [-0.39, 0.29) is 17.7 Å². The summed E-state index contributed by atoms with van der Waals surface area (Å²) >= 11 is 7.64. The van der Waals surface area contributed by atoms with E-state index >= 15 is 0 Å². The molecule has 0 saturated heterocycles. The van der Waals surface area contributed by atoms with Crippen LogP contribution in [0.15, 0.2) is 100 Å². The molecule has 6 rings (SSSR count). The molecule has 2 heterocycles. The van der Waals surface area contributed by atoms with Gasteiger partial charge in [-0.2, -0.15) is 0 Å². The van der Waals surface area contributed by atoms with E-state index in [1.54, 1.807) is 12.1 Å². The van der Waals surface area contributed by atoms with Crippen molar-refractivity contribution in [3.8, 4) is 17.2 Å². The van der Waals surface area contributed by atoms with Gasteiger partial charge in [0.05, 0.1) is 36.5 Å². The minimum absolute atomic E-state index is 0.224. The molecule has 0 saturated carbocycles. The molecule has 0 unspecified atom stereocenters. The zero-order valence-electron chi connectivity index (χ0n) is 25.5. The SMILES string of the molecule is CCOc1ccc([C@@H]2C(C(=O)OC)=CN=c3s/c(=C/c4c(OCc5ccccc5Cl)ccc5ccccc45)c(=O)n32)cc1OCC. The van der Waals surface area contributed by atoms with E-state index in [0.29, 0.717) is 50.4 Å². The second kappa shape index (κ2) is 13.6. The Morgan fingerprint density at radius 2 is 1.67 bits per heavy atom. The number of fused-ring (bicyclic) bond motifs is 2. The standard InChI is InChI=1S/C36H31ClN2O6S/c1-4-43-30-17-15-23(18-31(30)44-5-2)33-27(35(41)42-3)20-38-36-39(33)34(40)32(46-36)19-26-25-12-8-6-10-22(25)14-16-29(26)45-21-24-11-7-9-13-28(24)37/h6-20,33H,4-5,21H2,1-3H3/b32-19+/t33-/m1/s1. The number of aromatic nitrogens is 1. The molecule has 46 heavy (non-hydrogen) atoms. The van der Waals surface area contributed by atoms with Gasteiger partial charge in [-0.25, -0.2) is 9.79 Å². The zero-order valence-corrected chi connectivity index (χ0v) is 27.1. The van der Waals surface area contributed by atoms with Crippen LogP contribution in [0.2, 0.25) is 5.02 Å². The van der Waals surface area contributed by atoms with Gasteiger partial charge in [-0.15, -0.1) is 0 Å². The lowest BCUT2D eigenvalue weighted by Crippen LogP contribution is -2.39. The first-order valence-electron chi connectivity index (χ1n) is 14.8. The van der Waals surface area contributed by atoms with Gasteiger partial charge in [-0.3, -0.25) is 9.36 Å². The molecule has 1 aliphatic heterocycles. The largest absolute Gasteiger partial charge is 0.490 e. The number of methoxy groups -OCH3 is 1. The summed E-state index contributed by atoms with van der Waals surface area (Å²) in [5.74, 6) is 1.11. The zero-order chi connectivity index (χ0) is 32.2. The van der Waals surface area contributed by atoms with Gasteiger partial charge in [0.1, 0.15) is 12.4 Å². The van der Waals surface area contributed by atoms with Gasteiger partial charge in [0.2, 0.25) is 0 Å². The van der Waals surface area contributed by atoms with Crippen molar-refractivity contribution in [2.24, 2.45) is 4.99 Å². The van der Waals surface area contributed by atoms with Crippen LogP contribution in [0.25, 0.3) is 16.8 Å². The Bertz CT molecular complexity index is 2150. The van der Waals surface area contributed by atoms with Crippen LogP contribution in [0.5, 0.6) is 17.2 Å². The molecule has 234 valence electrons. The maximum atomic E-state index is 14.3. The van der Waals surface area contributed by atoms with Crippen molar-refractivity contribution < 1.29 is 23.7 Å². The molecule has 0 aliphatic carbocycles. The van der Waals surface area contributed by atoms with E-state index in [4.69, 9.17) is 30.5 Å². The summed E-state index contributed by atoms with van der Waals surface area (Å²) < 4.78 is 25.0. The predicted molar refractivity (Wildman–Crippen MR) is 180 cm³/mol. The molecule has 0 spiro atoms. The first-order valence-corrected chi connectivity index (χ1v) is 16.0. The van der Waals surface area contributed by atoms with Crippen molar-refractivity contribution in [1.29, 1.82) is 0 Å². The van der Waals surface area contributed by atoms with E-state index in [0.717, 1.165) is 21.9 Å². The highest BCUT2D eigenvalue weighted by Crippen LogP contribution is 2.35. The third kappa shape index (κ3) is 6.03. The van der Waals surface area contributed by atoms with Crippen LogP contribution in [-0.2, 0) is 16.1 Å². The van der Waals surface area contributed by atoms with Crippen LogP contribution in [-0.4, -0.2) is 30.9 Å². The molecular formula is C36H31ClN2O6S. The molecule has 1 atom stereocenters. The van der Waals surface area contributed by atoms with Gasteiger partial charge in [0.15, 0.2) is 16.3 Å². The lowest BCUT2D eigenvalue weighted by Gasteiger charge is -2.23. The summed E-state index contributed by atoms with van der Waals surface area (Å²) in [5.41, 5.74) is 2.17. The highest BCUT2D eigenvalue weighted by Gasteiger charge is 2.31. The van der Waals surface area contributed by atoms with Crippen LogP contribution in [0.4, 0.5) is 0 Å². The quantitative estimate of drug-likeness (QED) is 0.167. The Balaban J connectivity index is 1.51. The molecule has 5 aromatic rings. The molecule has 1 aromatic heterocycles. The number of ether oxygens (including phenoxy) is 4. The second-order valence-corrected chi connectivity index (χ2v) is 11.7. The van der Waals surface area contributed by atoms with Crippen molar-refractivity contribution >= 4 is 45.8 Å². The number of carbonyl (C=O) groups excluding carboxylic acids is 1. The minimum atomic E-state index is -0.802. The summed E-state index contributed by atoms with van der Waals surface area (Å²) in [6.07, 6.45) is 3.30. The maximum Gasteiger partial charge on any atom is 0.337 e. The number of esters is 1. The predicted octanol–water partition coefficient (Wildman–Crippen LogP) is 6.20. The van der Waals surface area contributed by atoms with Gasteiger partial charge >= 0.3 is 5.97 Å². The first-order chi connectivity index (χ1) is 22.4. The third-order valence-electron chi connectivity index (χ3n) is 7.56. The summed E-state index contributed by atoms with van der Waals surface area (Å²) in [7, 11) is 1.31. The Morgan fingerprint density at radius 3 is 2.46 bits per heavy atom. The fourth-order valence-electron chi connectivity index (χ4n) is 5.44. The highest BCUT2D eigenvalue weighted by molar-refractivity contribution is 7.07. The van der Waals surface area contributed by atoms with Gasteiger partial charge in [-0.1, -0.05) is 77.5 Å². The monoisotopic (exact) mass is 654 g/mol. The van der Waals surface area contributed by atoms with Crippen LogP contribution in [0, 0.1) is 0 Å². The smallest absolute Gasteiger partial charge is 0.337 e. The number of carbonyl (C=O) groups is 1. The number of hydrogen-bond donors (Lipinski definition) is 0. The van der Waals surface area contributed by atoms with Gasteiger partial charge in [0, 0.05) is 22.3 Å². The van der Waals surface area contributed by atoms with Gasteiger partial charge in [0.25, 0.3) is 5.56 Å². The van der Waals surface area contributed by atoms with Crippen molar-refractivity contribution in [2.75, 3.05) is 20.3 Å². The second-order valence-electron chi connectivity index (χ2n) is 10.3. The van der Waals surface area contributed by atoms with Gasteiger partial charge < -0.3 is 18.9 Å². The number of rotatable bonds is 10. The summed E-state index contributed by atoms with van der Waals surface area (Å²) in [6.45, 7) is 4.90. The van der Waals surface area contributed by atoms with Crippen molar-refractivity contribution in [3.05, 3.63) is 132 Å². The van der Waals surface area contributed by atoms with Crippen LogP contribution < -0.4 is 29.1 Å². The Labute approximate surface area is 274 Å². The van der Waals surface area contributed by atoms with E-state index in [1.165, 1.54) is 29.2 Å².